The summed E-state index contributed by atoms with van der Waals surface area (Å²) in [5, 5.41) is 8.95. The zero-order valence-electron chi connectivity index (χ0n) is 16.6. The Hall–Kier alpha value is -2.60. The Labute approximate surface area is 170 Å². The molecule has 1 amide bonds. The molecule has 1 aromatic heterocycles. The van der Waals surface area contributed by atoms with Gasteiger partial charge in [-0.3, -0.25) is 9.36 Å². The lowest BCUT2D eigenvalue weighted by atomic mass is 10.1. The lowest BCUT2D eigenvalue weighted by molar-refractivity contribution is -0.131. The highest BCUT2D eigenvalue weighted by Gasteiger charge is 2.20. The molecule has 5 nitrogen and oxygen atoms in total. The molecule has 0 saturated heterocycles. The molecule has 2 aromatic carbocycles. The molecule has 0 saturated carbocycles. The quantitative estimate of drug-likeness (QED) is 0.528. The number of amides is 1. The predicted octanol–water partition coefficient (Wildman–Crippen LogP) is 4.50. The third kappa shape index (κ3) is 5.01. The van der Waals surface area contributed by atoms with Gasteiger partial charge in [0.15, 0.2) is 5.16 Å². The van der Waals surface area contributed by atoms with Gasteiger partial charge in [0.05, 0.1) is 5.75 Å². The molecule has 0 N–H and O–H groups in total. The summed E-state index contributed by atoms with van der Waals surface area (Å²) in [6.07, 6.45) is 2.61. The van der Waals surface area contributed by atoms with E-state index in [1.165, 1.54) is 17.3 Å². The van der Waals surface area contributed by atoms with Crippen LogP contribution in [0, 0.1) is 6.92 Å². The van der Waals surface area contributed by atoms with Crippen LogP contribution in [0.5, 0.6) is 0 Å². The van der Waals surface area contributed by atoms with Crippen LogP contribution in [0.15, 0.2) is 66.1 Å². The summed E-state index contributed by atoms with van der Waals surface area (Å²) in [6.45, 7) is 6.89. The average molecular weight is 395 g/mol. The summed E-state index contributed by atoms with van der Waals surface area (Å²) in [5.74, 6) is 0.448. The first kappa shape index (κ1) is 20.1. The van der Waals surface area contributed by atoms with E-state index in [-0.39, 0.29) is 11.9 Å². The van der Waals surface area contributed by atoms with Crippen molar-refractivity contribution in [3.63, 3.8) is 0 Å². The zero-order valence-corrected chi connectivity index (χ0v) is 17.4. The smallest absolute Gasteiger partial charge is 0.233 e. The number of rotatable bonds is 8. The van der Waals surface area contributed by atoms with Crippen LogP contribution >= 0.6 is 11.8 Å². The van der Waals surface area contributed by atoms with Gasteiger partial charge in [0.1, 0.15) is 6.33 Å². The highest BCUT2D eigenvalue weighted by molar-refractivity contribution is 7.99. The topological polar surface area (TPSA) is 51.0 Å². The van der Waals surface area contributed by atoms with E-state index in [1.807, 2.05) is 39.8 Å². The summed E-state index contributed by atoms with van der Waals surface area (Å²) < 4.78 is 1.92. The van der Waals surface area contributed by atoms with Crippen LogP contribution in [-0.4, -0.2) is 37.4 Å². The fourth-order valence-electron chi connectivity index (χ4n) is 2.90. The molecular weight excluding hydrogens is 368 g/mol. The number of hydrogen-bond acceptors (Lipinski definition) is 4. The van der Waals surface area contributed by atoms with E-state index in [4.69, 9.17) is 0 Å². The van der Waals surface area contributed by atoms with Gasteiger partial charge in [-0.05, 0) is 38.0 Å². The van der Waals surface area contributed by atoms with Crippen LogP contribution in [0.1, 0.15) is 31.4 Å². The number of carbonyl (C=O) groups excluding carboxylic acids is 1. The fourth-order valence-corrected chi connectivity index (χ4v) is 3.72. The minimum Gasteiger partial charge on any atom is -0.335 e. The van der Waals surface area contributed by atoms with Crippen LogP contribution in [0.25, 0.3) is 5.69 Å². The molecule has 3 rings (SSSR count). The van der Waals surface area contributed by atoms with Crippen LogP contribution in [0.4, 0.5) is 0 Å². The Bertz CT molecular complexity index is 892. The molecule has 1 atom stereocenters. The second-order valence-corrected chi connectivity index (χ2v) is 7.81. The molecule has 3 aromatic rings. The second-order valence-electron chi connectivity index (χ2n) is 6.87. The van der Waals surface area contributed by atoms with E-state index in [1.54, 1.807) is 6.33 Å². The molecule has 0 bridgehead atoms. The summed E-state index contributed by atoms with van der Waals surface area (Å²) in [6, 6.07) is 18.5. The molecule has 1 unspecified atom stereocenters. The van der Waals surface area contributed by atoms with Crippen molar-refractivity contribution in [2.24, 2.45) is 0 Å². The monoisotopic (exact) mass is 394 g/mol. The first-order valence-electron chi connectivity index (χ1n) is 9.51. The van der Waals surface area contributed by atoms with Gasteiger partial charge in [0.25, 0.3) is 0 Å². The van der Waals surface area contributed by atoms with Gasteiger partial charge in [-0.2, -0.15) is 0 Å². The van der Waals surface area contributed by atoms with Gasteiger partial charge in [0, 0.05) is 18.3 Å². The Balaban J connectivity index is 1.69. The van der Waals surface area contributed by atoms with E-state index < -0.39 is 0 Å². The molecule has 0 aliphatic carbocycles. The van der Waals surface area contributed by atoms with E-state index >= 15 is 0 Å². The molecule has 1 heterocycles. The summed E-state index contributed by atoms with van der Waals surface area (Å²) in [7, 11) is 0. The Morgan fingerprint density at radius 2 is 1.86 bits per heavy atom. The summed E-state index contributed by atoms with van der Waals surface area (Å²) >= 11 is 1.43. The molecule has 6 heteroatoms. The first-order chi connectivity index (χ1) is 13.6. The lowest BCUT2D eigenvalue weighted by Crippen LogP contribution is -2.38. The van der Waals surface area contributed by atoms with Gasteiger partial charge < -0.3 is 4.90 Å². The van der Waals surface area contributed by atoms with Crippen molar-refractivity contribution in [2.45, 2.75) is 44.9 Å². The number of benzene rings is 2. The van der Waals surface area contributed by atoms with Crippen molar-refractivity contribution in [1.29, 1.82) is 0 Å². The van der Waals surface area contributed by atoms with Crippen LogP contribution in [-0.2, 0) is 11.3 Å². The van der Waals surface area contributed by atoms with Gasteiger partial charge in [0.2, 0.25) is 5.91 Å². The first-order valence-corrected chi connectivity index (χ1v) is 10.5. The van der Waals surface area contributed by atoms with Gasteiger partial charge in [-0.1, -0.05) is 66.7 Å². The third-order valence-corrected chi connectivity index (χ3v) is 5.72. The van der Waals surface area contributed by atoms with Crippen molar-refractivity contribution in [1.82, 2.24) is 19.7 Å². The van der Waals surface area contributed by atoms with E-state index in [0.29, 0.717) is 12.3 Å². The van der Waals surface area contributed by atoms with Crippen molar-refractivity contribution in [2.75, 3.05) is 5.75 Å². The molecule has 0 fully saturated rings. The molecular formula is C22H26N4OS. The predicted molar refractivity (Wildman–Crippen MR) is 114 cm³/mol. The van der Waals surface area contributed by atoms with E-state index in [0.717, 1.165) is 22.8 Å². The van der Waals surface area contributed by atoms with Gasteiger partial charge in [-0.25, -0.2) is 0 Å². The Morgan fingerprint density at radius 1 is 1.14 bits per heavy atom. The average Bonchev–Trinajstić information content (AvgIpc) is 3.19. The van der Waals surface area contributed by atoms with E-state index in [9.17, 15) is 4.79 Å². The summed E-state index contributed by atoms with van der Waals surface area (Å²) in [5.41, 5.74) is 3.34. The van der Waals surface area contributed by atoms with Crippen LogP contribution < -0.4 is 0 Å². The molecule has 0 radical (unpaired) electrons. The molecule has 146 valence electrons. The van der Waals surface area contributed by atoms with Crippen LogP contribution in [0.2, 0.25) is 0 Å². The minimum absolute atomic E-state index is 0.113. The zero-order chi connectivity index (χ0) is 19.9. The maximum absolute atomic E-state index is 13.0. The highest BCUT2D eigenvalue weighted by atomic mass is 32.2. The van der Waals surface area contributed by atoms with Crippen molar-refractivity contribution >= 4 is 17.7 Å². The van der Waals surface area contributed by atoms with Crippen LogP contribution in [0.3, 0.4) is 0 Å². The molecule has 0 spiro atoms. The summed E-state index contributed by atoms with van der Waals surface area (Å²) in [4.78, 5) is 14.9. The molecule has 0 aliphatic heterocycles. The van der Waals surface area contributed by atoms with Crippen molar-refractivity contribution in [3.05, 3.63) is 72.1 Å². The standard InChI is InChI=1S/C22H26N4OS/c1-4-18(3)25(14-19-8-6-5-7-9-19)21(27)15-28-22-24-23-16-26(22)20-12-10-17(2)11-13-20/h5-13,16,18H,4,14-15H2,1-3H3. The van der Waals surface area contributed by atoms with Gasteiger partial charge in [-0.15, -0.1) is 10.2 Å². The van der Waals surface area contributed by atoms with Gasteiger partial charge >= 0.3 is 0 Å². The molecule has 28 heavy (non-hydrogen) atoms. The second kappa shape index (κ2) is 9.55. The van der Waals surface area contributed by atoms with Crippen molar-refractivity contribution in [3.8, 4) is 5.69 Å². The molecule has 0 aliphatic rings. The maximum atomic E-state index is 13.0. The number of aryl methyl sites for hydroxylation is 1. The number of carbonyl (C=O) groups is 1. The number of hydrogen-bond donors (Lipinski definition) is 0. The van der Waals surface area contributed by atoms with E-state index in [2.05, 4.69) is 55.2 Å². The SMILES string of the molecule is CCC(C)N(Cc1ccccc1)C(=O)CSc1nncn1-c1ccc(C)cc1. The number of nitrogens with zero attached hydrogens (tertiary/aromatic N) is 4. The lowest BCUT2D eigenvalue weighted by Gasteiger charge is -2.28. The Kier molecular flexibility index (Phi) is 6.87. The minimum atomic E-state index is 0.113. The fraction of sp³-hybridized carbons (Fsp3) is 0.318. The Morgan fingerprint density at radius 3 is 2.54 bits per heavy atom. The largest absolute Gasteiger partial charge is 0.335 e. The van der Waals surface area contributed by atoms with Crippen molar-refractivity contribution < 1.29 is 4.79 Å². The maximum Gasteiger partial charge on any atom is 0.233 e. The normalized spacial score (nSPS) is 12.0. The number of aromatic nitrogens is 3. The third-order valence-electron chi connectivity index (χ3n) is 4.79. The number of thioether (sulfide) groups is 1. The highest BCUT2D eigenvalue weighted by Crippen LogP contribution is 2.21.